The normalized spacial score (nSPS) is 12.3. The number of fused-ring (bicyclic) bond motifs is 1. The number of imidazole rings is 1. The summed E-state index contributed by atoms with van der Waals surface area (Å²) in [7, 11) is 0. The van der Waals surface area contributed by atoms with E-state index in [1.165, 1.54) is 12.1 Å². The van der Waals surface area contributed by atoms with Crippen LogP contribution in [0.1, 0.15) is 32.0 Å². The summed E-state index contributed by atoms with van der Waals surface area (Å²) < 4.78 is 15.0. The molecule has 4 heteroatoms. The molecular formula is C19H20FN3. The molecule has 2 heterocycles. The van der Waals surface area contributed by atoms with Crippen molar-refractivity contribution in [1.82, 2.24) is 14.5 Å². The maximum Gasteiger partial charge on any atom is 0.160 e. The minimum absolute atomic E-state index is 0.162. The minimum Gasteiger partial charge on any atom is -0.315 e. The van der Waals surface area contributed by atoms with Gasteiger partial charge in [0.2, 0.25) is 0 Å². The van der Waals surface area contributed by atoms with Crippen molar-refractivity contribution in [1.29, 1.82) is 0 Å². The molecule has 1 aromatic carbocycles. The van der Waals surface area contributed by atoms with Crippen molar-refractivity contribution in [3.8, 4) is 0 Å². The molecule has 0 aliphatic heterocycles. The van der Waals surface area contributed by atoms with Crippen molar-refractivity contribution in [3.63, 3.8) is 0 Å². The lowest BCUT2D eigenvalue weighted by Crippen LogP contribution is -2.15. The maximum atomic E-state index is 12.9. The van der Waals surface area contributed by atoms with Crippen LogP contribution in [0.15, 0.2) is 42.7 Å². The monoisotopic (exact) mass is 309 g/mol. The maximum absolute atomic E-state index is 12.9. The lowest BCUT2D eigenvalue weighted by atomic mass is 9.97. The van der Waals surface area contributed by atoms with Crippen LogP contribution in [0.3, 0.4) is 0 Å². The number of benzene rings is 1. The molecular weight excluding hydrogens is 289 g/mol. The van der Waals surface area contributed by atoms with Gasteiger partial charge in [0.05, 0.1) is 12.0 Å². The Bertz CT molecular complexity index is 839. The fraction of sp³-hybridized carbons (Fsp3) is 0.263. The topological polar surface area (TPSA) is 30.7 Å². The zero-order chi connectivity index (χ0) is 16.4. The van der Waals surface area contributed by atoms with Crippen molar-refractivity contribution >= 4 is 23.3 Å². The lowest BCUT2D eigenvalue weighted by Gasteiger charge is -2.18. The van der Waals surface area contributed by atoms with Crippen LogP contribution in [0.5, 0.6) is 0 Å². The van der Waals surface area contributed by atoms with Crippen LogP contribution in [-0.4, -0.2) is 14.5 Å². The number of hydrogen-bond donors (Lipinski definition) is 0. The van der Waals surface area contributed by atoms with Gasteiger partial charge in [-0.3, -0.25) is 0 Å². The zero-order valence-corrected chi connectivity index (χ0v) is 13.6. The lowest BCUT2D eigenvalue weighted by molar-refractivity contribution is 0.347. The molecule has 0 aliphatic rings. The van der Waals surface area contributed by atoms with Crippen molar-refractivity contribution in [2.45, 2.75) is 27.3 Å². The van der Waals surface area contributed by atoms with E-state index >= 15 is 0 Å². The van der Waals surface area contributed by atoms with E-state index in [-0.39, 0.29) is 11.2 Å². The van der Waals surface area contributed by atoms with Crippen molar-refractivity contribution < 1.29 is 4.39 Å². The highest BCUT2D eigenvalue weighted by atomic mass is 19.1. The average molecular weight is 309 g/mol. The first-order chi connectivity index (χ1) is 10.9. The van der Waals surface area contributed by atoms with E-state index in [9.17, 15) is 4.39 Å². The standard InChI is InChI=1S/C19H20FN3/c1-19(2,3)12-23-13-21-17-11-10-16(22-18(17)23)9-6-14-4-7-15(20)8-5-14/h4-11,13H,12H2,1-3H3/b9-6+. The van der Waals surface area contributed by atoms with E-state index in [0.29, 0.717) is 0 Å². The van der Waals surface area contributed by atoms with Crippen LogP contribution in [-0.2, 0) is 6.54 Å². The summed E-state index contributed by atoms with van der Waals surface area (Å²) in [5.74, 6) is -0.229. The van der Waals surface area contributed by atoms with E-state index in [0.717, 1.165) is 29.0 Å². The van der Waals surface area contributed by atoms with Gasteiger partial charge >= 0.3 is 0 Å². The molecule has 0 atom stereocenters. The Morgan fingerprint density at radius 3 is 2.48 bits per heavy atom. The van der Waals surface area contributed by atoms with Crippen molar-refractivity contribution in [2.24, 2.45) is 5.41 Å². The second kappa shape index (κ2) is 5.95. The molecule has 0 aliphatic carbocycles. The Balaban J connectivity index is 1.89. The van der Waals surface area contributed by atoms with Crippen LogP contribution in [0.4, 0.5) is 4.39 Å². The Hall–Kier alpha value is -2.49. The molecule has 23 heavy (non-hydrogen) atoms. The van der Waals surface area contributed by atoms with E-state index in [1.54, 1.807) is 12.1 Å². The summed E-state index contributed by atoms with van der Waals surface area (Å²) >= 11 is 0. The number of aromatic nitrogens is 3. The van der Waals surface area contributed by atoms with Gasteiger partial charge in [-0.1, -0.05) is 39.0 Å². The zero-order valence-electron chi connectivity index (χ0n) is 13.6. The first-order valence-electron chi connectivity index (χ1n) is 7.66. The SMILES string of the molecule is CC(C)(C)Cn1cnc2ccc(/C=C/c3ccc(F)cc3)nc21. The predicted molar refractivity (Wildman–Crippen MR) is 92.3 cm³/mol. The fourth-order valence-electron chi connectivity index (χ4n) is 2.43. The molecule has 118 valence electrons. The highest BCUT2D eigenvalue weighted by Gasteiger charge is 2.14. The van der Waals surface area contributed by atoms with E-state index in [2.05, 4.69) is 30.3 Å². The molecule has 0 spiro atoms. The molecule has 0 N–H and O–H groups in total. The number of halogens is 1. The summed E-state index contributed by atoms with van der Waals surface area (Å²) in [5, 5.41) is 0. The van der Waals surface area contributed by atoms with Gasteiger partial charge in [0.15, 0.2) is 5.65 Å². The number of hydrogen-bond acceptors (Lipinski definition) is 2. The van der Waals surface area contributed by atoms with Crippen LogP contribution in [0, 0.1) is 11.2 Å². The van der Waals surface area contributed by atoms with Crippen LogP contribution in [0.2, 0.25) is 0 Å². The van der Waals surface area contributed by atoms with Gasteiger partial charge in [0.25, 0.3) is 0 Å². The molecule has 0 saturated carbocycles. The summed E-state index contributed by atoms with van der Waals surface area (Å²) in [6.07, 6.45) is 5.70. The van der Waals surface area contributed by atoms with Gasteiger partial charge < -0.3 is 4.57 Å². The fourth-order valence-corrected chi connectivity index (χ4v) is 2.43. The molecule has 0 saturated heterocycles. The highest BCUT2D eigenvalue weighted by Crippen LogP contribution is 2.20. The average Bonchev–Trinajstić information content (AvgIpc) is 2.87. The molecule has 0 radical (unpaired) electrons. The summed E-state index contributed by atoms with van der Waals surface area (Å²) in [4.78, 5) is 9.10. The highest BCUT2D eigenvalue weighted by molar-refractivity contribution is 5.75. The number of pyridine rings is 1. The molecule has 2 aromatic heterocycles. The predicted octanol–water partition coefficient (Wildman–Crippen LogP) is 4.79. The summed E-state index contributed by atoms with van der Waals surface area (Å²) in [5.41, 5.74) is 3.75. The second-order valence-electron chi connectivity index (χ2n) is 6.90. The number of nitrogens with zero attached hydrogens (tertiary/aromatic N) is 3. The molecule has 0 unspecified atom stereocenters. The molecule has 3 nitrogen and oxygen atoms in total. The Labute approximate surface area is 135 Å². The van der Waals surface area contributed by atoms with Gasteiger partial charge in [0.1, 0.15) is 11.3 Å². The third kappa shape index (κ3) is 3.83. The Morgan fingerprint density at radius 1 is 1.04 bits per heavy atom. The van der Waals surface area contributed by atoms with Crippen LogP contribution >= 0.6 is 0 Å². The van der Waals surface area contributed by atoms with Crippen LogP contribution < -0.4 is 0 Å². The first kappa shape index (κ1) is 15.4. The minimum atomic E-state index is -0.229. The van der Waals surface area contributed by atoms with E-state index in [4.69, 9.17) is 4.98 Å². The largest absolute Gasteiger partial charge is 0.315 e. The van der Waals surface area contributed by atoms with Crippen molar-refractivity contribution in [2.75, 3.05) is 0 Å². The molecule has 3 aromatic rings. The van der Waals surface area contributed by atoms with Gasteiger partial charge in [0, 0.05) is 6.54 Å². The summed E-state index contributed by atoms with van der Waals surface area (Å²) in [6.45, 7) is 7.44. The summed E-state index contributed by atoms with van der Waals surface area (Å²) in [6, 6.07) is 10.3. The van der Waals surface area contributed by atoms with Crippen molar-refractivity contribution in [3.05, 3.63) is 59.8 Å². The Morgan fingerprint density at radius 2 is 1.78 bits per heavy atom. The van der Waals surface area contributed by atoms with E-state index < -0.39 is 0 Å². The third-order valence-corrected chi connectivity index (χ3v) is 3.45. The quantitative estimate of drug-likeness (QED) is 0.696. The molecule has 3 rings (SSSR count). The first-order valence-corrected chi connectivity index (χ1v) is 7.66. The molecule has 0 amide bonds. The Kier molecular flexibility index (Phi) is 3.99. The van der Waals surface area contributed by atoms with E-state index in [1.807, 2.05) is 30.6 Å². The number of rotatable bonds is 3. The molecule has 0 fully saturated rings. The van der Waals surface area contributed by atoms with Gasteiger partial charge in [-0.15, -0.1) is 0 Å². The third-order valence-electron chi connectivity index (χ3n) is 3.45. The van der Waals surface area contributed by atoms with Gasteiger partial charge in [-0.05, 0) is 41.3 Å². The van der Waals surface area contributed by atoms with Gasteiger partial charge in [-0.2, -0.15) is 0 Å². The van der Waals surface area contributed by atoms with Crippen LogP contribution in [0.25, 0.3) is 23.3 Å². The second-order valence-corrected chi connectivity index (χ2v) is 6.90. The van der Waals surface area contributed by atoms with Gasteiger partial charge in [-0.25, -0.2) is 14.4 Å². The molecule has 0 bridgehead atoms. The smallest absolute Gasteiger partial charge is 0.160 e.